The van der Waals surface area contributed by atoms with Crippen LogP contribution in [0.5, 0.6) is 0 Å². The molecule has 1 amide bonds. The summed E-state index contributed by atoms with van der Waals surface area (Å²) in [7, 11) is 0. The van der Waals surface area contributed by atoms with Crippen LogP contribution in [0.4, 0.5) is 0 Å². The summed E-state index contributed by atoms with van der Waals surface area (Å²) in [6.45, 7) is 8.02. The van der Waals surface area contributed by atoms with Crippen LogP contribution in [0.1, 0.15) is 58.9 Å². The molecule has 0 radical (unpaired) electrons. The fourth-order valence-electron chi connectivity index (χ4n) is 4.21. The number of hydrogen-bond donors (Lipinski definition) is 1. The lowest BCUT2D eigenvalue weighted by Gasteiger charge is -2.41. The number of aryl methyl sites for hydroxylation is 1. The van der Waals surface area contributed by atoms with Crippen molar-refractivity contribution in [3.05, 3.63) is 34.9 Å². The van der Waals surface area contributed by atoms with E-state index < -0.39 is 5.97 Å². The van der Waals surface area contributed by atoms with E-state index in [0.29, 0.717) is 17.2 Å². The van der Waals surface area contributed by atoms with Gasteiger partial charge in [-0.1, -0.05) is 6.92 Å². The molecule has 0 spiro atoms. The van der Waals surface area contributed by atoms with Gasteiger partial charge in [-0.2, -0.15) is 0 Å². The zero-order valence-electron chi connectivity index (χ0n) is 15.2. The van der Waals surface area contributed by atoms with E-state index in [4.69, 9.17) is 5.11 Å². The van der Waals surface area contributed by atoms with Crippen molar-refractivity contribution in [2.45, 2.75) is 45.6 Å². The van der Waals surface area contributed by atoms with E-state index in [1.54, 1.807) is 19.1 Å². The number of carboxylic acids is 1. The molecule has 0 saturated carbocycles. The van der Waals surface area contributed by atoms with Crippen molar-refractivity contribution in [2.24, 2.45) is 5.92 Å². The van der Waals surface area contributed by atoms with Crippen LogP contribution >= 0.6 is 0 Å². The largest absolute Gasteiger partial charge is 0.478 e. The molecule has 1 N–H and O–H groups in total. The van der Waals surface area contributed by atoms with E-state index in [1.165, 1.54) is 32.0 Å². The predicted octanol–water partition coefficient (Wildman–Crippen LogP) is 3.03. The Kier molecular flexibility index (Phi) is 5.42. The number of aromatic carboxylic acids is 1. The van der Waals surface area contributed by atoms with Crippen LogP contribution in [-0.4, -0.2) is 59.0 Å². The van der Waals surface area contributed by atoms with Gasteiger partial charge in [-0.25, -0.2) is 4.79 Å². The second kappa shape index (κ2) is 7.56. The van der Waals surface area contributed by atoms with Crippen LogP contribution < -0.4 is 0 Å². The van der Waals surface area contributed by atoms with Crippen LogP contribution in [0, 0.1) is 12.8 Å². The van der Waals surface area contributed by atoms with Crippen molar-refractivity contribution in [2.75, 3.05) is 26.2 Å². The van der Waals surface area contributed by atoms with Gasteiger partial charge in [0.2, 0.25) is 0 Å². The lowest BCUT2D eigenvalue weighted by Crippen LogP contribution is -2.49. The Balaban J connectivity index is 1.60. The molecule has 5 heteroatoms. The molecule has 25 heavy (non-hydrogen) atoms. The molecule has 2 heterocycles. The predicted molar refractivity (Wildman–Crippen MR) is 97.0 cm³/mol. The molecule has 1 atom stereocenters. The lowest BCUT2D eigenvalue weighted by atomic mass is 9.95. The Bertz CT molecular complexity index is 650. The Morgan fingerprint density at radius 2 is 1.84 bits per heavy atom. The molecule has 0 aliphatic carbocycles. The van der Waals surface area contributed by atoms with Crippen LogP contribution in [-0.2, 0) is 0 Å². The fraction of sp³-hybridized carbons (Fsp3) is 0.600. The first-order chi connectivity index (χ1) is 12.0. The van der Waals surface area contributed by atoms with Crippen LogP contribution in [0.25, 0.3) is 0 Å². The topological polar surface area (TPSA) is 60.9 Å². The van der Waals surface area contributed by atoms with E-state index >= 15 is 0 Å². The second-order valence-electron chi connectivity index (χ2n) is 7.60. The maximum Gasteiger partial charge on any atom is 0.335 e. The number of benzene rings is 1. The highest BCUT2D eigenvalue weighted by Gasteiger charge is 2.29. The number of amides is 1. The molecule has 2 aliphatic heterocycles. The molecule has 136 valence electrons. The summed E-state index contributed by atoms with van der Waals surface area (Å²) in [5, 5.41) is 9.12. The van der Waals surface area contributed by atoms with E-state index in [9.17, 15) is 9.59 Å². The Morgan fingerprint density at radius 1 is 1.12 bits per heavy atom. The summed E-state index contributed by atoms with van der Waals surface area (Å²) in [6.07, 6.45) is 4.68. The van der Waals surface area contributed by atoms with Gasteiger partial charge in [0, 0.05) is 31.2 Å². The van der Waals surface area contributed by atoms with E-state index in [1.807, 2.05) is 4.90 Å². The molecular weight excluding hydrogens is 316 g/mol. The molecule has 2 fully saturated rings. The summed E-state index contributed by atoms with van der Waals surface area (Å²) in [4.78, 5) is 28.4. The van der Waals surface area contributed by atoms with Gasteiger partial charge >= 0.3 is 5.97 Å². The molecule has 0 bridgehead atoms. The minimum absolute atomic E-state index is 0.0190. The molecule has 1 aromatic rings. The number of nitrogens with zero attached hydrogens (tertiary/aromatic N) is 2. The zero-order chi connectivity index (χ0) is 18.0. The highest BCUT2D eigenvalue weighted by atomic mass is 16.4. The maximum atomic E-state index is 12.7. The zero-order valence-corrected chi connectivity index (χ0v) is 15.2. The highest BCUT2D eigenvalue weighted by Crippen LogP contribution is 2.24. The quantitative estimate of drug-likeness (QED) is 0.915. The van der Waals surface area contributed by atoms with Gasteiger partial charge in [-0.3, -0.25) is 9.69 Å². The third-order valence-electron chi connectivity index (χ3n) is 5.66. The third kappa shape index (κ3) is 4.03. The average molecular weight is 344 g/mol. The number of carboxylic acid groups (broad SMARTS) is 1. The molecule has 0 aromatic heterocycles. The van der Waals surface area contributed by atoms with Gasteiger partial charge in [-0.05, 0) is 68.8 Å². The van der Waals surface area contributed by atoms with Crippen molar-refractivity contribution in [3.63, 3.8) is 0 Å². The third-order valence-corrected chi connectivity index (χ3v) is 5.66. The van der Waals surface area contributed by atoms with Gasteiger partial charge < -0.3 is 10.0 Å². The van der Waals surface area contributed by atoms with E-state index in [2.05, 4.69) is 11.8 Å². The normalized spacial score (nSPS) is 22.8. The van der Waals surface area contributed by atoms with Crippen molar-refractivity contribution in [1.82, 2.24) is 9.80 Å². The number of carbonyl (C=O) groups excluding carboxylic acids is 1. The minimum atomic E-state index is -0.951. The smallest absolute Gasteiger partial charge is 0.335 e. The fourth-order valence-corrected chi connectivity index (χ4v) is 4.21. The van der Waals surface area contributed by atoms with Crippen molar-refractivity contribution in [1.29, 1.82) is 0 Å². The van der Waals surface area contributed by atoms with E-state index in [-0.39, 0.29) is 11.5 Å². The Morgan fingerprint density at radius 3 is 2.44 bits per heavy atom. The Labute approximate surface area is 149 Å². The first-order valence-electron chi connectivity index (χ1n) is 9.33. The van der Waals surface area contributed by atoms with Crippen molar-refractivity contribution in [3.8, 4) is 0 Å². The molecule has 2 saturated heterocycles. The standard InChI is InChI=1S/C20H28N2O3/c1-14-4-3-9-22(13-14)17-7-10-21(11-8-17)19(23)16-5-6-18(20(24)25)15(2)12-16/h5-6,12,14,17H,3-4,7-11,13H2,1-2H3,(H,24,25). The summed E-state index contributed by atoms with van der Waals surface area (Å²) >= 11 is 0. The highest BCUT2D eigenvalue weighted by molar-refractivity contribution is 5.96. The average Bonchev–Trinajstić information content (AvgIpc) is 2.61. The van der Waals surface area contributed by atoms with Gasteiger partial charge in [0.05, 0.1) is 5.56 Å². The molecule has 1 unspecified atom stereocenters. The summed E-state index contributed by atoms with van der Waals surface area (Å²) in [5.41, 5.74) is 1.48. The number of likely N-dealkylation sites (tertiary alicyclic amines) is 2. The molecule has 5 nitrogen and oxygen atoms in total. The van der Waals surface area contributed by atoms with Crippen molar-refractivity contribution >= 4 is 11.9 Å². The van der Waals surface area contributed by atoms with Crippen molar-refractivity contribution < 1.29 is 14.7 Å². The second-order valence-corrected chi connectivity index (χ2v) is 7.60. The van der Waals surface area contributed by atoms with Gasteiger partial charge in [0.1, 0.15) is 0 Å². The number of piperidine rings is 2. The Hall–Kier alpha value is -1.88. The summed E-state index contributed by atoms with van der Waals surface area (Å²) < 4.78 is 0. The van der Waals surface area contributed by atoms with Crippen LogP contribution in [0.15, 0.2) is 18.2 Å². The number of rotatable bonds is 3. The molecule has 3 rings (SSSR count). The number of carbonyl (C=O) groups is 2. The van der Waals surface area contributed by atoms with Crippen LogP contribution in [0.2, 0.25) is 0 Å². The van der Waals surface area contributed by atoms with Gasteiger partial charge in [0.25, 0.3) is 5.91 Å². The lowest BCUT2D eigenvalue weighted by molar-refractivity contribution is 0.0541. The maximum absolute atomic E-state index is 12.7. The first kappa shape index (κ1) is 17.9. The summed E-state index contributed by atoms with van der Waals surface area (Å²) in [6, 6.07) is 5.47. The SMILES string of the molecule is Cc1cc(C(=O)N2CCC(N3CCCC(C)C3)CC2)ccc1C(=O)O. The molecule has 1 aromatic carbocycles. The molecule has 2 aliphatic rings. The summed E-state index contributed by atoms with van der Waals surface area (Å²) in [5.74, 6) is -0.150. The van der Waals surface area contributed by atoms with Gasteiger partial charge in [-0.15, -0.1) is 0 Å². The van der Waals surface area contributed by atoms with Gasteiger partial charge in [0.15, 0.2) is 0 Å². The first-order valence-corrected chi connectivity index (χ1v) is 9.33. The monoisotopic (exact) mass is 344 g/mol. The van der Waals surface area contributed by atoms with E-state index in [0.717, 1.165) is 31.8 Å². The minimum Gasteiger partial charge on any atom is -0.478 e. The number of hydrogen-bond acceptors (Lipinski definition) is 3. The van der Waals surface area contributed by atoms with Crippen LogP contribution in [0.3, 0.4) is 0 Å². The molecular formula is C20H28N2O3.